The van der Waals surface area contributed by atoms with Crippen molar-refractivity contribution in [2.75, 3.05) is 13.2 Å². The molecule has 1 amide bonds. The van der Waals surface area contributed by atoms with E-state index in [1.54, 1.807) is 13.8 Å². The highest BCUT2D eigenvalue weighted by Crippen LogP contribution is 2.01. The molecule has 0 saturated carbocycles. The van der Waals surface area contributed by atoms with Crippen molar-refractivity contribution in [1.29, 1.82) is 0 Å². The standard InChI is InChI=1S/C9H15NO4/c1-4-5-14-9(13)10(7(2)3)6-8(11)12/h4,7H,1,5-6H2,2-3H3,(H,11,12). The van der Waals surface area contributed by atoms with Gasteiger partial charge < -0.3 is 9.84 Å². The van der Waals surface area contributed by atoms with Crippen LogP contribution < -0.4 is 0 Å². The molecule has 0 aliphatic carbocycles. The van der Waals surface area contributed by atoms with E-state index < -0.39 is 12.1 Å². The Bertz CT molecular complexity index is 225. The molecule has 5 heteroatoms. The van der Waals surface area contributed by atoms with Gasteiger partial charge in [-0.2, -0.15) is 0 Å². The Morgan fingerprint density at radius 3 is 2.50 bits per heavy atom. The Hall–Kier alpha value is -1.52. The van der Waals surface area contributed by atoms with E-state index in [4.69, 9.17) is 9.84 Å². The number of carbonyl (C=O) groups excluding carboxylic acids is 1. The van der Waals surface area contributed by atoms with Gasteiger partial charge in [0.05, 0.1) is 0 Å². The van der Waals surface area contributed by atoms with Crippen molar-refractivity contribution in [3.05, 3.63) is 12.7 Å². The van der Waals surface area contributed by atoms with Crippen LogP contribution in [0, 0.1) is 0 Å². The van der Waals surface area contributed by atoms with Crippen LogP contribution in [0.15, 0.2) is 12.7 Å². The summed E-state index contributed by atoms with van der Waals surface area (Å²) in [7, 11) is 0. The first kappa shape index (κ1) is 12.5. The topological polar surface area (TPSA) is 66.8 Å². The molecule has 0 aliphatic heterocycles. The molecule has 0 atom stereocenters. The van der Waals surface area contributed by atoms with Gasteiger partial charge in [-0.25, -0.2) is 4.79 Å². The maximum absolute atomic E-state index is 11.3. The fourth-order valence-corrected chi connectivity index (χ4v) is 0.817. The summed E-state index contributed by atoms with van der Waals surface area (Å²) in [4.78, 5) is 22.8. The average molecular weight is 201 g/mol. The maximum Gasteiger partial charge on any atom is 0.410 e. The summed E-state index contributed by atoms with van der Waals surface area (Å²) in [6, 6.07) is -0.205. The number of carbonyl (C=O) groups is 2. The van der Waals surface area contributed by atoms with Gasteiger partial charge in [0, 0.05) is 6.04 Å². The number of carboxylic acids is 1. The summed E-state index contributed by atoms with van der Waals surface area (Å²) in [5.74, 6) is -1.06. The van der Waals surface area contributed by atoms with E-state index in [0.717, 1.165) is 4.90 Å². The van der Waals surface area contributed by atoms with Crippen LogP contribution in [0.1, 0.15) is 13.8 Å². The van der Waals surface area contributed by atoms with Gasteiger partial charge in [-0.15, -0.1) is 0 Å². The van der Waals surface area contributed by atoms with Gasteiger partial charge in [0.25, 0.3) is 0 Å². The van der Waals surface area contributed by atoms with Crippen molar-refractivity contribution in [1.82, 2.24) is 4.90 Å². The van der Waals surface area contributed by atoms with Gasteiger partial charge in [-0.1, -0.05) is 12.7 Å². The summed E-state index contributed by atoms with van der Waals surface area (Å²) in [5.41, 5.74) is 0. The number of rotatable bonds is 5. The lowest BCUT2D eigenvalue weighted by Crippen LogP contribution is -2.41. The predicted octanol–water partition coefficient (Wildman–Crippen LogP) is 1.10. The lowest BCUT2D eigenvalue weighted by molar-refractivity contribution is -0.138. The molecule has 0 radical (unpaired) electrons. The van der Waals surface area contributed by atoms with Crippen LogP contribution in [-0.2, 0) is 9.53 Å². The molecule has 0 aromatic rings. The second kappa shape index (κ2) is 6.01. The number of hydrogen-bond acceptors (Lipinski definition) is 3. The van der Waals surface area contributed by atoms with E-state index in [1.165, 1.54) is 6.08 Å². The van der Waals surface area contributed by atoms with Crippen molar-refractivity contribution in [2.24, 2.45) is 0 Å². The first-order valence-corrected chi connectivity index (χ1v) is 4.25. The minimum Gasteiger partial charge on any atom is -0.480 e. The zero-order chi connectivity index (χ0) is 11.1. The molecule has 0 saturated heterocycles. The highest BCUT2D eigenvalue weighted by atomic mass is 16.6. The summed E-state index contributed by atoms with van der Waals surface area (Å²) >= 11 is 0. The van der Waals surface area contributed by atoms with Crippen LogP contribution in [0.5, 0.6) is 0 Å². The Balaban J connectivity index is 4.25. The smallest absolute Gasteiger partial charge is 0.410 e. The summed E-state index contributed by atoms with van der Waals surface area (Å²) in [5, 5.41) is 8.54. The molecule has 14 heavy (non-hydrogen) atoms. The molecule has 0 fully saturated rings. The molecule has 0 aromatic heterocycles. The number of nitrogens with zero attached hydrogens (tertiary/aromatic N) is 1. The molecule has 0 spiro atoms. The fraction of sp³-hybridized carbons (Fsp3) is 0.556. The fourth-order valence-electron chi connectivity index (χ4n) is 0.817. The van der Waals surface area contributed by atoms with Gasteiger partial charge in [-0.05, 0) is 13.8 Å². The van der Waals surface area contributed by atoms with Crippen LogP contribution in [0.25, 0.3) is 0 Å². The summed E-state index contributed by atoms with van der Waals surface area (Å²) < 4.78 is 4.72. The van der Waals surface area contributed by atoms with Gasteiger partial charge >= 0.3 is 12.1 Å². The number of amides is 1. The molecule has 5 nitrogen and oxygen atoms in total. The van der Waals surface area contributed by atoms with Crippen molar-refractivity contribution >= 4 is 12.1 Å². The van der Waals surface area contributed by atoms with Crippen LogP contribution in [-0.4, -0.2) is 41.3 Å². The monoisotopic (exact) mass is 201 g/mol. The maximum atomic E-state index is 11.3. The summed E-state index contributed by atoms with van der Waals surface area (Å²) in [6.45, 7) is 6.56. The first-order chi connectivity index (χ1) is 6.49. The van der Waals surface area contributed by atoms with Crippen molar-refractivity contribution in [3.8, 4) is 0 Å². The lowest BCUT2D eigenvalue weighted by Gasteiger charge is -2.23. The number of carboxylic acid groups (broad SMARTS) is 1. The zero-order valence-corrected chi connectivity index (χ0v) is 8.40. The lowest BCUT2D eigenvalue weighted by atomic mass is 10.3. The van der Waals surface area contributed by atoms with E-state index in [2.05, 4.69) is 6.58 Å². The molecule has 0 bridgehead atoms. The Kier molecular flexibility index (Phi) is 5.36. The molecular weight excluding hydrogens is 186 g/mol. The quantitative estimate of drug-likeness (QED) is 0.676. The number of aliphatic carboxylic acids is 1. The van der Waals surface area contributed by atoms with Gasteiger partial charge in [-0.3, -0.25) is 9.69 Å². The molecular formula is C9H15NO4. The minimum atomic E-state index is -1.06. The van der Waals surface area contributed by atoms with E-state index in [0.29, 0.717) is 0 Å². The molecule has 0 heterocycles. The van der Waals surface area contributed by atoms with E-state index in [1.807, 2.05) is 0 Å². The van der Waals surface area contributed by atoms with Crippen molar-refractivity contribution in [2.45, 2.75) is 19.9 Å². The van der Waals surface area contributed by atoms with E-state index in [9.17, 15) is 9.59 Å². The molecule has 0 aliphatic rings. The Morgan fingerprint density at radius 2 is 2.14 bits per heavy atom. The van der Waals surface area contributed by atoms with Crippen LogP contribution >= 0.6 is 0 Å². The largest absolute Gasteiger partial charge is 0.480 e. The normalized spacial score (nSPS) is 9.64. The first-order valence-electron chi connectivity index (χ1n) is 4.25. The van der Waals surface area contributed by atoms with Gasteiger partial charge in [0.15, 0.2) is 0 Å². The molecule has 80 valence electrons. The highest BCUT2D eigenvalue weighted by molar-refractivity contribution is 5.76. The van der Waals surface area contributed by atoms with Crippen LogP contribution in [0.3, 0.4) is 0 Å². The van der Waals surface area contributed by atoms with Crippen molar-refractivity contribution < 1.29 is 19.4 Å². The third-order valence-electron chi connectivity index (χ3n) is 1.49. The van der Waals surface area contributed by atoms with E-state index in [-0.39, 0.29) is 19.2 Å². The highest BCUT2D eigenvalue weighted by Gasteiger charge is 2.20. The van der Waals surface area contributed by atoms with Crippen LogP contribution in [0.4, 0.5) is 4.79 Å². The van der Waals surface area contributed by atoms with Gasteiger partial charge in [0.2, 0.25) is 0 Å². The predicted molar refractivity (Wildman–Crippen MR) is 51.0 cm³/mol. The Morgan fingerprint density at radius 1 is 1.57 bits per heavy atom. The van der Waals surface area contributed by atoms with Crippen molar-refractivity contribution in [3.63, 3.8) is 0 Å². The molecule has 1 N–H and O–H groups in total. The second-order valence-corrected chi connectivity index (χ2v) is 2.98. The molecule has 0 rings (SSSR count). The van der Waals surface area contributed by atoms with Crippen LogP contribution in [0.2, 0.25) is 0 Å². The SMILES string of the molecule is C=CCOC(=O)N(CC(=O)O)C(C)C. The zero-order valence-electron chi connectivity index (χ0n) is 8.40. The Labute approximate surface area is 83.0 Å². The third kappa shape index (κ3) is 4.49. The molecule has 0 unspecified atom stereocenters. The average Bonchev–Trinajstić information content (AvgIpc) is 2.09. The summed E-state index contributed by atoms with van der Waals surface area (Å²) in [6.07, 6.45) is 0.791. The third-order valence-corrected chi connectivity index (χ3v) is 1.49. The molecule has 0 aromatic carbocycles. The number of ether oxygens (including phenoxy) is 1. The van der Waals surface area contributed by atoms with E-state index >= 15 is 0 Å². The van der Waals surface area contributed by atoms with Gasteiger partial charge in [0.1, 0.15) is 13.2 Å². The number of hydrogen-bond donors (Lipinski definition) is 1. The second-order valence-electron chi connectivity index (χ2n) is 2.98. The minimum absolute atomic E-state index is 0.0850.